The minimum absolute atomic E-state index is 0.0109. The number of benzene rings is 1. The Morgan fingerprint density at radius 1 is 1.35 bits per heavy atom. The van der Waals surface area contributed by atoms with Gasteiger partial charge in [-0.15, -0.1) is 13.2 Å². The molecule has 0 radical (unpaired) electrons. The molecule has 0 heterocycles. The van der Waals surface area contributed by atoms with E-state index in [1.165, 1.54) is 19.1 Å². The summed E-state index contributed by atoms with van der Waals surface area (Å²) in [5, 5.41) is 0. The monoisotopic (exact) mass is 244 g/mol. The molecule has 0 bridgehead atoms. The third-order valence-corrected chi connectivity index (χ3v) is 2.86. The zero-order valence-corrected chi connectivity index (χ0v) is 9.12. The Labute approximate surface area is 96.4 Å². The lowest BCUT2D eigenvalue weighted by Crippen LogP contribution is -2.18. The Morgan fingerprint density at radius 3 is 2.53 bits per heavy atom. The number of alkyl halides is 3. The van der Waals surface area contributed by atoms with E-state index >= 15 is 0 Å². The maximum Gasteiger partial charge on any atom is 0.573 e. The van der Waals surface area contributed by atoms with E-state index < -0.39 is 6.36 Å². The van der Waals surface area contributed by atoms with Gasteiger partial charge in [0, 0.05) is 5.92 Å². The van der Waals surface area contributed by atoms with Crippen LogP contribution in [0.1, 0.15) is 24.8 Å². The maximum absolute atomic E-state index is 12.2. The lowest BCUT2D eigenvalue weighted by molar-refractivity contribution is -0.274. The fourth-order valence-corrected chi connectivity index (χ4v) is 1.99. The quantitative estimate of drug-likeness (QED) is 0.815. The van der Waals surface area contributed by atoms with Crippen LogP contribution in [0.25, 0.3) is 0 Å². The van der Waals surface area contributed by atoms with Gasteiger partial charge in [-0.25, -0.2) is 0 Å². The van der Waals surface area contributed by atoms with Crippen molar-refractivity contribution >= 4 is 5.78 Å². The molecule has 0 spiro atoms. The molecule has 2 nitrogen and oxygen atoms in total. The van der Waals surface area contributed by atoms with Crippen molar-refractivity contribution in [3.63, 3.8) is 0 Å². The van der Waals surface area contributed by atoms with Crippen LogP contribution < -0.4 is 4.74 Å². The SMILES string of the molecule is CC(=O)C1CC1c1ccccc1OC(F)(F)F. The molecule has 0 aliphatic heterocycles. The number of carbonyl (C=O) groups is 1. The van der Waals surface area contributed by atoms with Gasteiger partial charge in [0.2, 0.25) is 0 Å². The molecular formula is C12H11F3O2. The van der Waals surface area contributed by atoms with Crippen LogP contribution in [0, 0.1) is 5.92 Å². The van der Waals surface area contributed by atoms with Gasteiger partial charge in [-0.2, -0.15) is 0 Å². The fourth-order valence-electron chi connectivity index (χ4n) is 1.99. The van der Waals surface area contributed by atoms with Crippen molar-refractivity contribution in [3.8, 4) is 5.75 Å². The zero-order chi connectivity index (χ0) is 12.6. The molecule has 0 N–H and O–H groups in total. The van der Waals surface area contributed by atoms with Gasteiger partial charge in [0.15, 0.2) is 0 Å². The topological polar surface area (TPSA) is 26.3 Å². The maximum atomic E-state index is 12.2. The average molecular weight is 244 g/mol. The Balaban J connectivity index is 2.21. The van der Waals surface area contributed by atoms with Gasteiger partial charge in [0.1, 0.15) is 11.5 Å². The van der Waals surface area contributed by atoms with Crippen LogP contribution in [0.15, 0.2) is 24.3 Å². The third-order valence-electron chi connectivity index (χ3n) is 2.86. The van der Waals surface area contributed by atoms with Crippen LogP contribution in [0.5, 0.6) is 5.75 Å². The van der Waals surface area contributed by atoms with Crippen molar-refractivity contribution < 1.29 is 22.7 Å². The standard InChI is InChI=1S/C12H11F3O2/c1-7(16)9-6-10(9)8-4-2-3-5-11(8)17-12(13,14)15/h2-5,9-10H,6H2,1H3. The highest BCUT2D eigenvalue weighted by Gasteiger charge is 2.44. The molecule has 5 heteroatoms. The van der Waals surface area contributed by atoms with Gasteiger partial charge in [-0.05, 0) is 30.9 Å². The van der Waals surface area contributed by atoms with Gasteiger partial charge in [0.05, 0.1) is 0 Å². The predicted molar refractivity (Wildman–Crippen MR) is 54.7 cm³/mol. The van der Waals surface area contributed by atoms with E-state index in [1.54, 1.807) is 12.1 Å². The summed E-state index contributed by atoms with van der Waals surface area (Å²) in [6, 6.07) is 5.98. The second-order valence-electron chi connectivity index (χ2n) is 4.14. The number of hydrogen-bond acceptors (Lipinski definition) is 2. The Kier molecular flexibility index (Phi) is 2.85. The van der Waals surface area contributed by atoms with Gasteiger partial charge in [0.25, 0.3) is 0 Å². The molecule has 2 atom stereocenters. The number of Topliss-reactive ketones (excluding diaryl/α,β-unsaturated/α-hetero) is 1. The Bertz CT molecular complexity index is 440. The number of hydrogen-bond donors (Lipinski definition) is 0. The fraction of sp³-hybridized carbons (Fsp3) is 0.417. The zero-order valence-electron chi connectivity index (χ0n) is 9.12. The lowest BCUT2D eigenvalue weighted by Gasteiger charge is -2.12. The van der Waals surface area contributed by atoms with Crippen molar-refractivity contribution in [2.24, 2.45) is 5.92 Å². The number of halogens is 3. The minimum atomic E-state index is -4.70. The van der Waals surface area contributed by atoms with Gasteiger partial charge in [-0.3, -0.25) is 4.79 Å². The van der Waals surface area contributed by atoms with Crippen LogP contribution >= 0.6 is 0 Å². The number of ketones is 1. The van der Waals surface area contributed by atoms with Gasteiger partial charge < -0.3 is 4.74 Å². The summed E-state index contributed by atoms with van der Waals surface area (Å²) in [4.78, 5) is 11.1. The lowest BCUT2D eigenvalue weighted by atomic mass is 10.1. The summed E-state index contributed by atoms with van der Waals surface area (Å²) < 4.78 is 40.5. The van der Waals surface area contributed by atoms with Crippen molar-refractivity contribution in [2.75, 3.05) is 0 Å². The molecule has 1 aromatic carbocycles. The van der Waals surface area contributed by atoms with Crippen LogP contribution in [0.3, 0.4) is 0 Å². The van der Waals surface area contributed by atoms with Crippen LogP contribution in [0.4, 0.5) is 13.2 Å². The summed E-state index contributed by atoms with van der Waals surface area (Å²) in [6.07, 6.45) is -4.09. The molecule has 1 aliphatic rings. The van der Waals surface area contributed by atoms with E-state index in [2.05, 4.69) is 4.74 Å². The highest BCUT2D eigenvalue weighted by Crippen LogP contribution is 2.51. The summed E-state index contributed by atoms with van der Waals surface area (Å²) in [5.74, 6) is -0.482. The molecule has 0 aromatic heterocycles. The first-order valence-corrected chi connectivity index (χ1v) is 5.23. The van der Waals surface area contributed by atoms with Crippen LogP contribution in [-0.4, -0.2) is 12.1 Å². The normalized spacial score (nSPS) is 23.3. The highest BCUT2D eigenvalue weighted by molar-refractivity contribution is 5.82. The van der Waals surface area contributed by atoms with Crippen molar-refractivity contribution in [1.82, 2.24) is 0 Å². The largest absolute Gasteiger partial charge is 0.573 e. The van der Waals surface area contributed by atoms with Crippen LogP contribution in [0.2, 0.25) is 0 Å². The van der Waals surface area contributed by atoms with Crippen molar-refractivity contribution in [2.45, 2.75) is 25.6 Å². The van der Waals surface area contributed by atoms with Crippen LogP contribution in [-0.2, 0) is 4.79 Å². The van der Waals surface area contributed by atoms with E-state index in [0.29, 0.717) is 12.0 Å². The number of para-hydroxylation sites is 1. The second kappa shape index (κ2) is 4.05. The van der Waals surface area contributed by atoms with E-state index in [9.17, 15) is 18.0 Å². The van der Waals surface area contributed by atoms with Crippen molar-refractivity contribution in [1.29, 1.82) is 0 Å². The first-order chi connectivity index (χ1) is 7.88. The van der Waals surface area contributed by atoms with E-state index in [0.717, 1.165) is 0 Å². The molecule has 2 rings (SSSR count). The predicted octanol–water partition coefficient (Wildman–Crippen LogP) is 3.28. The molecule has 1 saturated carbocycles. The highest BCUT2D eigenvalue weighted by atomic mass is 19.4. The molecule has 0 saturated heterocycles. The summed E-state index contributed by atoms with van der Waals surface area (Å²) in [7, 11) is 0. The Hall–Kier alpha value is -1.52. The third kappa shape index (κ3) is 2.78. The summed E-state index contributed by atoms with van der Waals surface area (Å²) in [6.45, 7) is 1.46. The van der Waals surface area contributed by atoms with E-state index in [1.807, 2.05) is 0 Å². The minimum Gasteiger partial charge on any atom is -0.405 e. The van der Waals surface area contributed by atoms with E-state index in [4.69, 9.17) is 0 Å². The molecule has 1 aromatic rings. The molecule has 1 aliphatic carbocycles. The molecular weight excluding hydrogens is 233 g/mol. The average Bonchev–Trinajstić information content (AvgIpc) is 2.95. The first-order valence-electron chi connectivity index (χ1n) is 5.23. The number of rotatable bonds is 3. The van der Waals surface area contributed by atoms with Gasteiger partial charge in [-0.1, -0.05) is 18.2 Å². The van der Waals surface area contributed by atoms with E-state index in [-0.39, 0.29) is 23.4 Å². The summed E-state index contributed by atoms with van der Waals surface area (Å²) >= 11 is 0. The molecule has 92 valence electrons. The first kappa shape index (κ1) is 12.0. The molecule has 0 amide bonds. The molecule has 17 heavy (non-hydrogen) atoms. The van der Waals surface area contributed by atoms with Gasteiger partial charge >= 0.3 is 6.36 Å². The summed E-state index contributed by atoms with van der Waals surface area (Å²) in [5.41, 5.74) is 0.463. The smallest absolute Gasteiger partial charge is 0.405 e. The number of ether oxygens (including phenoxy) is 1. The number of carbonyl (C=O) groups excluding carboxylic acids is 1. The Morgan fingerprint density at radius 2 is 2.00 bits per heavy atom. The second-order valence-corrected chi connectivity index (χ2v) is 4.14. The van der Waals surface area contributed by atoms with Crippen molar-refractivity contribution in [3.05, 3.63) is 29.8 Å². The molecule has 2 unspecified atom stereocenters. The molecule has 1 fully saturated rings.